The molecule has 0 bridgehead atoms. The number of ketones is 1. The van der Waals surface area contributed by atoms with Gasteiger partial charge in [-0.1, -0.05) is 12.1 Å². The predicted octanol–water partition coefficient (Wildman–Crippen LogP) is 2.43. The van der Waals surface area contributed by atoms with Crippen molar-refractivity contribution >= 4 is 37.2 Å². The van der Waals surface area contributed by atoms with Gasteiger partial charge in [-0.05, 0) is 35.9 Å². The zero-order valence-electron chi connectivity index (χ0n) is 18.5. The van der Waals surface area contributed by atoms with E-state index in [1.54, 1.807) is 24.3 Å². The van der Waals surface area contributed by atoms with Gasteiger partial charge in [0.05, 0.1) is 24.5 Å². The van der Waals surface area contributed by atoms with E-state index in [1.165, 1.54) is 6.07 Å². The topological polar surface area (TPSA) is 122 Å². The fourth-order valence-corrected chi connectivity index (χ4v) is 5.44. The first kappa shape index (κ1) is 23.5. The molecule has 0 amide bonds. The van der Waals surface area contributed by atoms with Crippen molar-refractivity contribution in [1.82, 2.24) is 4.90 Å². The van der Waals surface area contributed by atoms with Gasteiger partial charge in [0.25, 0.3) is 0 Å². The Morgan fingerprint density at radius 1 is 0.909 bits per heavy atom. The van der Waals surface area contributed by atoms with E-state index in [0.717, 1.165) is 37.7 Å². The first-order valence-electron chi connectivity index (χ1n) is 10.5. The molecule has 2 aromatic rings. The molecule has 2 N–H and O–H groups in total. The highest BCUT2D eigenvalue weighted by Crippen LogP contribution is 2.40. The minimum atomic E-state index is -3.43. The number of nitrogens with zero attached hydrogens (tertiary/aromatic N) is 1. The van der Waals surface area contributed by atoms with Crippen molar-refractivity contribution in [3.8, 4) is 5.75 Å². The van der Waals surface area contributed by atoms with Crippen LogP contribution >= 0.6 is 0 Å². The normalized spacial score (nSPS) is 18.4. The third-order valence-corrected chi connectivity index (χ3v) is 7.04. The smallest absolute Gasteiger partial charge is 0.229 e. The third kappa shape index (κ3) is 6.04. The number of benzene rings is 2. The van der Waals surface area contributed by atoms with Gasteiger partial charge in [0.15, 0.2) is 5.78 Å². The Morgan fingerprint density at radius 2 is 1.48 bits per heavy atom. The zero-order chi connectivity index (χ0) is 23.9. The summed E-state index contributed by atoms with van der Waals surface area (Å²) in [6.45, 7) is 2.25. The Balaban J connectivity index is 1.38. The standard InChI is InChI=1S/C22H27N3O6S2/c1-32(27,28)23-17-5-3-16(4-6-17)15-25-11-9-22(10-12-25)14-20(26)19-13-18(24-33(2,29)30)7-8-21(19)31-22/h3-8,13,23-24H,9-12,14-15H2,1-2H3. The van der Waals surface area contributed by atoms with Gasteiger partial charge in [-0.15, -0.1) is 0 Å². The van der Waals surface area contributed by atoms with Gasteiger partial charge in [0.1, 0.15) is 11.4 Å². The number of likely N-dealkylation sites (tertiary alicyclic amines) is 1. The van der Waals surface area contributed by atoms with Crippen LogP contribution in [0.15, 0.2) is 42.5 Å². The van der Waals surface area contributed by atoms with Crippen LogP contribution < -0.4 is 14.2 Å². The number of nitrogens with one attached hydrogen (secondary N) is 2. The van der Waals surface area contributed by atoms with Crippen LogP contribution in [0.1, 0.15) is 35.2 Å². The maximum Gasteiger partial charge on any atom is 0.229 e. The van der Waals surface area contributed by atoms with Crippen LogP contribution in [-0.2, 0) is 26.6 Å². The Kier molecular flexibility index (Phi) is 6.14. The lowest BCUT2D eigenvalue weighted by Crippen LogP contribution is -2.50. The second-order valence-corrected chi connectivity index (χ2v) is 12.3. The highest BCUT2D eigenvalue weighted by Gasteiger charge is 2.43. The molecule has 1 fully saturated rings. The lowest BCUT2D eigenvalue weighted by molar-refractivity contribution is -0.0107. The first-order valence-corrected chi connectivity index (χ1v) is 14.3. The molecule has 0 unspecified atom stereocenters. The summed E-state index contributed by atoms with van der Waals surface area (Å²) in [6, 6.07) is 12.1. The van der Waals surface area contributed by atoms with Crippen LogP contribution in [0, 0.1) is 0 Å². The summed E-state index contributed by atoms with van der Waals surface area (Å²) in [7, 11) is -6.73. The van der Waals surface area contributed by atoms with Gasteiger partial charge >= 0.3 is 0 Å². The number of hydrogen-bond donors (Lipinski definition) is 2. The lowest BCUT2D eigenvalue weighted by Gasteiger charge is -2.44. The van der Waals surface area contributed by atoms with Crippen LogP contribution in [0.2, 0.25) is 0 Å². The van der Waals surface area contributed by atoms with Gasteiger partial charge in [-0.25, -0.2) is 16.8 Å². The van der Waals surface area contributed by atoms with Crippen molar-refractivity contribution in [3.63, 3.8) is 0 Å². The minimum absolute atomic E-state index is 0.0455. The third-order valence-electron chi connectivity index (χ3n) is 5.82. The number of anilines is 2. The van der Waals surface area contributed by atoms with Crippen LogP contribution in [0.5, 0.6) is 5.75 Å². The maximum absolute atomic E-state index is 12.9. The Bertz CT molecular complexity index is 1270. The van der Waals surface area contributed by atoms with E-state index in [0.29, 0.717) is 35.5 Å². The molecular weight excluding hydrogens is 466 g/mol. The summed E-state index contributed by atoms with van der Waals surface area (Å²) in [6.07, 6.45) is 3.85. The summed E-state index contributed by atoms with van der Waals surface area (Å²) >= 11 is 0. The Labute approximate surface area is 194 Å². The highest BCUT2D eigenvalue weighted by molar-refractivity contribution is 7.92. The van der Waals surface area contributed by atoms with Gasteiger partial charge in [-0.3, -0.25) is 19.1 Å². The van der Waals surface area contributed by atoms with Crippen molar-refractivity contribution in [2.45, 2.75) is 31.4 Å². The molecule has 9 nitrogen and oxygen atoms in total. The Hall–Kier alpha value is -2.63. The molecule has 11 heteroatoms. The molecule has 2 aliphatic rings. The van der Waals surface area contributed by atoms with Crippen LogP contribution in [0.3, 0.4) is 0 Å². The summed E-state index contributed by atoms with van der Waals surface area (Å²) < 4.78 is 56.7. The molecule has 33 heavy (non-hydrogen) atoms. The maximum atomic E-state index is 12.9. The van der Waals surface area contributed by atoms with Crippen LogP contribution in [0.4, 0.5) is 11.4 Å². The number of rotatable bonds is 6. The molecule has 0 atom stereocenters. The number of Topliss-reactive ketones (excluding diaryl/α,β-unsaturated/α-hetero) is 1. The zero-order valence-corrected chi connectivity index (χ0v) is 20.1. The average Bonchev–Trinajstić information content (AvgIpc) is 2.70. The largest absolute Gasteiger partial charge is 0.486 e. The highest BCUT2D eigenvalue weighted by atomic mass is 32.2. The summed E-state index contributed by atoms with van der Waals surface area (Å²) in [5.41, 5.74) is 1.80. The summed E-state index contributed by atoms with van der Waals surface area (Å²) in [5, 5.41) is 0. The number of hydrogen-bond acceptors (Lipinski definition) is 7. The van der Waals surface area contributed by atoms with Crippen LogP contribution in [0.25, 0.3) is 0 Å². The summed E-state index contributed by atoms with van der Waals surface area (Å²) in [5.74, 6) is 0.448. The minimum Gasteiger partial charge on any atom is -0.486 e. The van der Waals surface area contributed by atoms with E-state index in [-0.39, 0.29) is 12.2 Å². The molecule has 0 radical (unpaired) electrons. The molecule has 0 aromatic heterocycles. The first-order chi connectivity index (χ1) is 15.4. The lowest BCUT2D eigenvalue weighted by atomic mass is 9.82. The van der Waals surface area contributed by atoms with Gasteiger partial charge < -0.3 is 4.74 Å². The van der Waals surface area contributed by atoms with Crippen molar-refractivity contribution in [2.24, 2.45) is 0 Å². The number of ether oxygens (including phenoxy) is 1. The molecular formula is C22H27N3O6S2. The van der Waals surface area contributed by atoms with Crippen molar-refractivity contribution in [3.05, 3.63) is 53.6 Å². The quantitative estimate of drug-likeness (QED) is 0.634. The molecule has 178 valence electrons. The molecule has 0 aliphatic carbocycles. The second-order valence-electron chi connectivity index (χ2n) is 8.82. The predicted molar refractivity (Wildman–Crippen MR) is 127 cm³/mol. The van der Waals surface area contributed by atoms with E-state index in [9.17, 15) is 21.6 Å². The average molecular weight is 494 g/mol. The van der Waals surface area contributed by atoms with Gasteiger partial charge in [-0.2, -0.15) is 0 Å². The molecule has 0 saturated carbocycles. The summed E-state index contributed by atoms with van der Waals surface area (Å²) in [4.78, 5) is 15.1. The van der Waals surface area contributed by atoms with Gasteiger partial charge in [0.2, 0.25) is 20.0 Å². The monoisotopic (exact) mass is 493 g/mol. The number of carbonyl (C=O) groups excluding carboxylic acids is 1. The van der Waals surface area contributed by atoms with Crippen molar-refractivity contribution in [2.75, 3.05) is 35.0 Å². The van der Waals surface area contributed by atoms with Crippen molar-refractivity contribution < 1.29 is 26.4 Å². The molecule has 4 rings (SSSR count). The van der Waals surface area contributed by atoms with Gasteiger partial charge in [0, 0.05) is 43.9 Å². The molecule has 2 heterocycles. The van der Waals surface area contributed by atoms with Crippen LogP contribution in [-0.4, -0.2) is 58.7 Å². The van der Waals surface area contributed by atoms with E-state index in [4.69, 9.17) is 4.74 Å². The molecule has 1 spiro atoms. The second kappa shape index (κ2) is 8.62. The Morgan fingerprint density at radius 3 is 2.09 bits per heavy atom. The number of fused-ring (bicyclic) bond motifs is 1. The molecule has 2 aliphatic heterocycles. The number of piperidine rings is 1. The number of carbonyl (C=O) groups is 1. The van der Waals surface area contributed by atoms with E-state index in [2.05, 4.69) is 14.3 Å². The van der Waals surface area contributed by atoms with E-state index >= 15 is 0 Å². The number of sulfonamides is 2. The molecule has 2 aromatic carbocycles. The van der Waals surface area contributed by atoms with E-state index in [1.807, 2.05) is 12.1 Å². The molecule has 1 saturated heterocycles. The van der Waals surface area contributed by atoms with Crippen molar-refractivity contribution in [1.29, 1.82) is 0 Å². The SMILES string of the molecule is CS(=O)(=O)Nc1ccc(CN2CCC3(CC2)CC(=O)c2cc(NS(C)(=O)=O)ccc2O3)cc1. The fraction of sp³-hybridized carbons (Fsp3) is 0.409. The van der Waals surface area contributed by atoms with E-state index < -0.39 is 25.6 Å². The fourth-order valence-electron chi connectivity index (χ4n) is 4.32.